The summed E-state index contributed by atoms with van der Waals surface area (Å²) in [5, 5.41) is 9.37. The van der Waals surface area contributed by atoms with E-state index < -0.39 is 11.5 Å². The highest BCUT2D eigenvalue weighted by atomic mass is 19.1. The van der Waals surface area contributed by atoms with E-state index in [1.165, 1.54) is 29.2 Å². The number of hydrogen-bond donors (Lipinski definition) is 1. The molecule has 1 unspecified atom stereocenters. The Kier molecular flexibility index (Phi) is 4.40. The van der Waals surface area contributed by atoms with Gasteiger partial charge in [0.05, 0.1) is 0 Å². The number of benzene rings is 1. The number of halogens is 1. The predicted octanol–water partition coefficient (Wildman–Crippen LogP) is 2.69. The Bertz CT molecular complexity index is 585. The third-order valence-corrected chi connectivity index (χ3v) is 3.88. The zero-order valence-electron chi connectivity index (χ0n) is 11.9. The lowest BCUT2D eigenvalue weighted by atomic mass is 9.88. The van der Waals surface area contributed by atoms with Crippen LogP contribution in [0.2, 0.25) is 0 Å². The number of hydrogen-bond acceptors (Lipinski definition) is 2. The molecule has 4 nitrogen and oxygen atoms in total. The van der Waals surface area contributed by atoms with Crippen LogP contribution in [0.4, 0.5) is 4.39 Å². The third-order valence-electron chi connectivity index (χ3n) is 3.88. The number of amides is 1. The number of nitrogens with zero attached hydrogens (tertiary/aromatic N) is 1. The molecule has 1 aromatic carbocycles. The Morgan fingerprint density at radius 3 is 2.81 bits per heavy atom. The van der Waals surface area contributed by atoms with Crippen molar-refractivity contribution in [1.82, 2.24) is 4.90 Å². The van der Waals surface area contributed by atoms with Gasteiger partial charge in [-0.15, -0.1) is 0 Å². The summed E-state index contributed by atoms with van der Waals surface area (Å²) in [5.41, 5.74) is -0.598. The highest BCUT2D eigenvalue weighted by Crippen LogP contribution is 2.28. The number of aliphatic carboxylic acids is 1. The SMILES string of the molecule is CC1(C(=O)O)CCCCN1C(=O)/C=C/c1cccc(F)c1. The van der Waals surface area contributed by atoms with Crippen molar-refractivity contribution in [2.24, 2.45) is 0 Å². The topological polar surface area (TPSA) is 57.6 Å². The van der Waals surface area contributed by atoms with Crippen molar-refractivity contribution in [2.45, 2.75) is 31.7 Å². The Labute approximate surface area is 122 Å². The molecule has 1 fully saturated rings. The van der Waals surface area contributed by atoms with Crippen LogP contribution >= 0.6 is 0 Å². The molecule has 1 atom stereocenters. The van der Waals surface area contributed by atoms with Gasteiger partial charge in [-0.05, 0) is 50.0 Å². The second-order valence-corrected chi connectivity index (χ2v) is 5.41. The van der Waals surface area contributed by atoms with E-state index in [1.807, 2.05) is 0 Å². The molecule has 112 valence electrons. The highest BCUT2D eigenvalue weighted by Gasteiger charge is 2.43. The summed E-state index contributed by atoms with van der Waals surface area (Å²) in [7, 11) is 0. The van der Waals surface area contributed by atoms with Gasteiger partial charge in [0.1, 0.15) is 11.4 Å². The molecule has 1 aliphatic heterocycles. The fraction of sp³-hybridized carbons (Fsp3) is 0.375. The van der Waals surface area contributed by atoms with Crippen LogP contribution in [0.1, 0.15) is 31.7 Å². The molecule has 0 radical (unpaired) electrons. The van der Waals surface area contributed by atoms with Crippen LogP contribution in [0.3, 0.4) is 0 Å². The average molecular weight is 291 g/mol. The van der Waals surface area contributed by atoms with E-state index in [0.717, 1.165) is 12.8 Å². The molecule has 1 heterocycles. The number of rotatable bonds is 3. The number of carbonyl (C=O) groups is 2. The normalized spacial score (nSPS) is 22.5. The van der Waals surface area contributed by atoms with Crippen LogP contribution in [0.15, 0.2) is 30.3 Å². The summed E-state index contributed by atoms with van der Waals surface area (Å²) in [6.45, 7) is 2.00. The Hall–Kier alpha value is -2.17. The number of likely N-dealkylation sites (tertiary alicyclic amines) is 1. The third kappa shape index (κ3) is 3.29. The van der Waals surface area contributed by atoms with Gasteiger partial charge in [-0.2, -0.15) is 0 Å². The summed E-state index contributed by atoms with van der Waals surface area (Å²) in [6.07, 6.45) is 4.84. The minimum Gasteiger partial charge on any atom is -0.480 e. The standard InChI is InChI=1S/C16H18FNO3/c1-16(15(20)21)9-2-3-10-18(16)14(19)8-7-12-5-4-6-13(17)11-12/h4-8,11H,2-3,9-10H2,1H3,(H,20,21)/b8-7+. The molecule has 1 aliphatic rings. The average Bonchev–Trinajstić information content (AvgIpc) is 2.45. The summed E-state index contributed by atoms with van der Waals surface area (Å²) in [4.78, 5) is 25.1. The largest absolute Gasteiger partial charge is 0.480 e. The molecule has 2 rings (SSSR count). The van der Waals surface area contributed by atoms with Crippen LogP contribution in [0, 0.1) is 5.82 Å². The quantitative estimate of drug-likeness (QED) is 0.871. The van der Waals surface area contributed by atoms with Crippen molar-refractivity contribution in [2.75, 3.05) is 6.54 Å². The molecule has 0 aromatic heterocycles. The zero-order chi connectivity index (χ0) is 15.5. The molecule has 1 amide bonds. The lowest BCUT2D eigenvalue weighted by Crippen LogP contribution is -2.57. The number of piperidine rings is 1. The summed E-state index contributed by atoms with van der Waals surface area (Å²) < 4.78 is 13.1. The Balaban J connectivity index is 2.16. The smallest absolute Gasteiger partial charge is 0.329 e. The van der Waals surface area contributed by atoms with E-state index >= 15 is 0 Å². The maximum Gasteiger partial charge on any atom is 0.329 e. The van der Waals surface area contributed by atoms with Crippen LogP contribution in [0.25, 0.3) is 6.08 Å². The second kappa shape index (κ2) is 6.08. The molecule has 1 N–H and O–H groups in total. The zero-order valence-corrected chi connectivity index (χ0v) is 11.9. The van der Waals surface area contributed by atoms with Crippen molar-refractivity contribution >= 4 is 18.0 Å². The maximum absolute atomic E-state index is 13.1. The maximum atomic E-state index is 13.1. The molecule has 0 aliphatic carbocycles. The van der Waals surface area contributed by atoms with E-state index in [9.17, 15) is 19.1 Å². The van der Waals surface area contributed by atoms with Crippen LogP contribution < -0.4 is 0 Å². The van der Waals surface area contributed by atoms with Gasteiger partial charge in [-0.3, -0.25) is 4.79 Å². The Morgan fingerprint density at radius 1 is 1.38 bits per heavy atom. The van der Waals surface area contributed by atoms with Crippen LogP contribution in [-0.4, -0.2) is 34.0 Å². The van der Waals surface area contributed by atoms with Crippen molar-refractivity contribution in [3.05, 3.63) is 41.7 Å². The number of carboxylic acids is 1. The molecule has 0 bridgehead atoms. The molecule has 1 aromatic rings. The van der Waals surface area contributed by atoms with Gasteiger partial charge in [0.25, 0.3) is 0 Å². The van der Waals surface area contributed by atoms with Gasteiger partial charge in [0.2, 0.25) is 5.91 Å². The molecule has 0 spiro atoms. The van der Waals surface area contributed by atoms with Gasteiger partial charge in [0, 0.05) is 12.6 Å². The van der Waals surface area contributed by atoms with Crippen LogP contribution in [0.5, 0.6) is 0 Å². The van der Waals surface area contributed by atoms with E-state index in [1.54, 1.807) is 19.1 Å². The summed E-state index contributed by atoms with van der Waals surface area (Å²) in [5.74, 6) is -1.73. The van der Waals surface area contributed by atoms with Crippen molar-refractivity contribution in [1.29, 1.82) is 0 Å². The summed E-state index contributed by atoms with van der Waals surface area (Å²) >= 11 is 0. The predicted molar refractivity (Wildman–Crippen MR) is 77.0 cm³/mol. The van der Waals surface area contributed by atoms with E-state index in [2.05, 4.69) is 0 Å². The highest BCUT2D eigenvalue weighted by molar-refractivity contribution is 5.95. The first kappa shape index (κ1) is 15.2. The minimum absolute atomic E-state index is 0.358. The molecular weight excluding hydrogens is 273 g/mol. The van der Waals surface area contributed by atoms with E-state index in [-0.39, 0.29) is 11.7 Å². The van der Waals surface area contributed by atoms with E-state index in [4.69, 9.17) is 0 Å². The van der Waals surface area contributed by atoms with E-state index in [0.29, 0.717) is 18.5 Å². The molecule has 21 heavy (non-hydrogen) atoms. The summed E-state index contributed by atoms with van der Waals surface area (Å²) in [6, 6.07) is 5.88. The second-order valence-electron chi connectivity index (χ2n) is 5.41. The molecule has 0 saturated carbocycles. The number of carboxylic acid groups (broad SMARTS) is 1. The Morgan fingerprint density at radius 2 is 2.14 bits per heavy atom. The lowest BCUT2D eigenvalue weighted by molar-refractivity contribution is -0.158. The monoisotopic (exact) mass is 291 g/mol. The van der Waals surface area contributed by atoms with Gasteiger partial charge in [-0.1, -0.05) is 12.1 Å². The fourth-order valence-electron chi connectivity index (χ4n) is 2.56. The molecular formula is C16H18FNO3. The first-order valence-electron chi connectivity index (χ1n) is 6.92. The molecule has 5 heteroatoms. The number of carbonyl (C=O) groups excluding carboxylic acids is 1. The van der Waals surface area contributed by atoms with Crippen molar-refractivity contribution < 1.29 is 19.1 Å². The van der Waals surface area contributed by atoms with Crippen molar-refractivity contribution in [3.8, 4) is 0 Å². The van der Waals surface area contributed by atoms with Gasteiger partial charge >= 0.3 is 5.97 Å². The minimum atomic E-state index is -1.17. The first-order chi connectivity index (χ1) is 9.93. The van der Waals surface area contributed by atoms with Crippen LogP contribution in [-0.2, 0) is 9.59 Å². The fourth-order valence-corrected chi connectivity index (χ4v) is 2.56. The van der Waals surface area contributed by atoms with Gasteiger partial charge in [0.15, 0.2) is 0 Å². The molecule has 1 saturated heterocycles. The van der Waals surface area contributed by atoms with Gasteiger partial charge in [-0.25, -0.2) is 9.18 Å². The van der Waals surface area contributed by atoms with Gasteiger partial charge < -0.3 is 10.0 Å². The lowest BCUT2D eigenvalue weighted by Gasteiger charge is -2.41. The van der Waals surface area contributed by atoms with Crippen molar-refractivity contribution in [3.63, 3.8) is 0 Å². The first-order valence-corrected chi connectivity index (χ1v) is 6.92.